The third-order valence-corrected chi connectivity index (χ3v) is 4.69. The summed E-state index contributed by atoms with van der Waals surface area (Å²) in [5.41, 5.74) is 8.33. The summed E-state index contributed by atoms with van der Waals surface area (Å²) in [7, 11) is 0. The standard InChI is InChI=1S/C12H9BrN2O2S/c13-7-3-4-18-11(7)10(14)6-1-2-8-9(5-6)17-12(16)15-8/h1-5,10H,14H2,(H,15,16). The van der Waals surface area contributed by atoms with Gasteiger partial charge in [0.25, 0.3) is 0 Å². The van der Waals surface area contributed by atoms with Crippen molar-refractivity contribution < 1.29 is 4.42 Å². The molecule has 3 N–H and O–H groups in total. The zero-order chi connectivity index (χ0) is 12.7. The average molecular weight is 325 g/mol. The van der Waals surface area contributed by atoms with E-state index in [9.17, 15) is 4.79 Å². The van der Waals surface area contributed by atoms with E-state index >= 15 is 0 Å². The summed E-state index contributed by atoms with van der Waals surface area (Å²) >= 11 is 5.06. The molecule has 1 aromatic carbocycles. The van der Waals surface area contributed by atoms with Gasteiger partial charge in [-0.05, 0) is 45.1 Å². The molecule has 0 spiro atoms. The zero-order valence-corrected chi connectivity index (χ0v) is 11.5. The molecule has 18 heavy (non-hydrogen) atoms. The van der Waals surface area contributed by atoms with E-state index < -0.39 is 5.76 Å². The first kappa shape index (κ1) is 11.7. The summed E-state index contributed by atoms with van der Waals surface area (Å²) in [4.78, 5) is 14.7. The number of H-pyrrole nitrogens is 1. The molecule has 0 saturated carbocycles. The molecule has 2 heterocycles. The van der Waals surface area contributed by atoms with E-state index in [1.807, 2.05) is 17.5 Å². The number of aromatic nitrogens is 1. The number of hydrogen-bond donors (Lipinski definition) is 2. The smallest absolute Gasteiger partial charge is 0.408 e. The van der Waals surface area contributed by atoms with Crippen LogP contribution in [-0.4, -0.2) is 4.98 Å². The summed E-state index contributed by atoms with van der Waals surface area (Å²) < 4.78 is 6.03. The summed E-state index contributed by atoms with van der Waals surface area (Å²) in [6.45, 7) is 0. The number of aromatic amines is 1. The zero-order valence-electron chi connectivity index (χ0n) is 9.14. The predicted molar refractivity (Wildman–Crippen MR) is 74.9 cm³/mol. The van der Waals surface area contributed by atoms with Gasteiger partial charge in [-0.15, -0.1) is 11.3 Å². The highest BCUT2D eigenvalue weighted by Gasteiger charge is 2.15. The van der Waals surface area contributed by atoms with E-state index in [1.54, 1.807) is 23.5 Å². The van der Waals surface area contributed by atoms with Crippen molar-refractivity contribution in [2.75, 3.05) is 0 Å². The second-order valence-electron chi connectivity index (χ2n) is 3.88. The van der Waals surface area contributed by atoms with E-state index in [1.165, 1.54) is 0 Å². The van der Waals surface area contributed by atoms with Crippen molar-refractivity contribution in [1.82, 2.24) is 4.98 Å². The van der Waals surface area contributed by atoms with Crippen LogP contribution in [0.5, 0.6) is 0 Å². The maximum Gasteiger partial charge on any atom is 0.417 e. The summed E-state index contributed by atoms with van der Waals surface area (Å²) in [6.07, 6.45) is 0. The molecule has 3 aromatic rings. The van der Waals surface area contributed by atoms with Crippen LogP contribution in [0.15, 0.2) is 43.3 Å². The van der Waals surface area contributed by atoms with Gasteiger partial charge in [-0.2, -0.15) is 0 Å². The summed E-state index contributed by atoms with van der Waals surface area (Å²) in [5.74, 6) is -0.451. The Labute approximate surface area is 115 Å². The normalized spacial score (nSPS) is 13.0. The number of rotatable bonds is 2. The number of hydrogen-bond acceptors (Lipinski definition) is 4. The van der Waals surface area contributed by atoms with Crippen molar-refractivity contribution in [3.05, 3.63) is 55.1 Å². The Kier molecular flexibility index (Phi) is 2.85. The van der Waals surface area contributed by atoms with Crippen molar-refractivity contribution in [3.63, 3.8) is 0 Å². The molecule has 4 nitrogen and oxygen atoms in total. The first-order valence-corrected chi connectivity index (χ1v) is 6.93. The van der Waals surface area contributed by atoms with E-state index in [2.05, 4.69) is 20.9 Å². The molecule has 1 atom stereocenters. The lowest BCUT2D eigenvalue weighted by Gasteiger charge is -2.10. The lowest BCUT2D eigenvalue weighted by molar-refractivity contribution is 0.555. The van der Waals surface area contributed by atoms with Gasteiger partial charge in [0.1, 0.15) is 0 Å². The molecule has 0 aliphatic carbocycles. The third kappa shape index (κ3) is 1.92. The Bertz CT molecular complexity index is 759. The van der Waals surface area contributed by atoms with Crippen molar-refractivity contribution in [3.8, 4) is 0 Å². The number of nitrogens with two attached hydrogens (primary N) is 1. The molecule has 1 unspecified atom stereocenters. The highest BCUT2D eigenvalue weighted by atomic mass is 79.9. The Morgan fingerprint density at radius 2 is 2.22 bits per heavy atom. The molecular formula is C12H9BrN2O2S. The van der Waals surface area contributed by atoms with Gasteiger partial charge in [0.15, 0.2) is 5.58 Å². The molecule has 0 bridgehead atoms. The molecule has 0 fully saturated rings. The number of halogens is 1. The van der Waals surface area contributed by atoms with Gasteiger partial charge in [0.2, 0.25) is 0 Å². The molecular weight excluding hydrogens is 316 g/mol. The molecule has 0 aliphatic heterocycles. The van der Waals surface area contributed by atoms with E-state index in [4.69, 9.17) is 10.2 Å². The minimum absolute atomic E-state index is 0.232. The SMILES string of the molecule is NC(c1ccc2[nH]c(=O)oc2c1)c1sccc1Br. The molecule has 0 aliphatic rings. The van der Waals surface area contributed by atoms with Gasteiger partial charge in [0, 0.05) is 9.35 Å². The molecule has 2 aromatic heterocycles. The van der Waals surface area contributed by atoms with Crippen LogP contribution in [0.3, 0.4) is 0 Å². The minimum atomic E-state index is -0.451. The topological polar surface area (TPSA) is 72.0 Å². The average Bonchev–Trinajstić information content (AvgIpc) is 2.91. The fourth-order valence-electron chi connectivity index (χ4n) is 1.83. The Morgan fingerprint density at radius 3 is 2.94 bits per heavy atom. The van der Waals surface area contributed by atoms with Crippen LogP contribution >= 0.6 is 27.3 Å². The highest BCUT2D eigenvalue weighted by Crippen LogP contribution is 2.32. The molecule has 0 amide bonds. The first-order valence-electron chi connectivity index (χ1n) is 5.26. The third-order valence-electron chi connectivity index (χ3n) is 2.73. The van der Waals surface area contributed by atoms with Crippen LogP contribution in [0.4, 0.5) is 0 Å². The number of benzene rings is 1. The van der Waals surface area contributed by atoms with Crippen LogP contribution in [0, 0.1) is 0 Å². The lowest BCUT2D eigenvalue weighted by Crippen LogP contribution is -2.10. The fourth-order valence-corrected chi connectivity index (χ4v) is 3.48. The molecule has 0 saturated heterocycles. The predicted octanol–water partition coefficient (Wildman–Crippen LogP) is 2.99. The summed E-state index contributed by atoms with van der Waals surface area (Å²) in [6, 6.07) is 7.23. The van der Waals surface area contributed by atoms with Crippen LogP contribution in [0.2, 0.25) is 0 Å². The van der Waals surface area contributed by atoms with E-state index in [0.29, 0.717) is 11.1 Å². The van der Waals surface area contributed by atoms with Gasteiger partial charge in [-0.25, -0.2) is 4.79 Å². The van der Waals surface area contributed by atoms with Crippen LogP contribution in [0.1, 0.15) is 16.5 Å². The van der Waals surface area contributed by atoms with Crippen LogP contribution < -0.4 is 11.5 Å². The Balaban J connectivity index is 2.09. The number of thiophene rings is 1. The fraction of sp³-hybridized carbons (Fsp3) is 0.0833. The van der Waals surface area contributed by atoms with E-state index in [0.717, 1.165) is 14.9 Å². The second-order valence-corrected chi connectivity index (χ2v) is 5.68. The molecule has 0 radical (unpaired) electrons. The molecule has 92 valence electrons. The Hall–Kier alpha value is -1.37. The van der Waals surface area contributed by atoms with Gasteiger partial charge in [-0.3, -0.25) is 4.98 Å². The van der Waals surface area contributed by atoms with Gasteiger partial charge < -0.3 is 10.2 Å². The van der Waals surface area contributed by atoms with E-state index in [-0.39, 0.29) is 6.04 Å². The second kappa shape index (κ2) is 4.38. The van der Waals surface area contributed by atoms with Crippen molar-refractivity contribution in [1.29, 1.82) is 0 Å². The van der Waals surface area contributed by atoms with Gasteiger partial charge in [-0.1, -0.05) is 6.07 Å². The largest absolute Gasteiger partial charge is 0.417 e. The highest BCUT2D eigenvalue weighted by molar-refractivity contribution is 9.10. The summed E-state index contributed by atoms with van der Waals surface area (Å²) in [5, 5.41) is 1.98. The van der Waals surface area contributed by atoms with Gasteiger partial charge in [0.05, 0.1) is 11.6 Å². The van der Waals surface area contributed by atoms with Crippen molar-refractivity contribution in [2.24, 2.45) is 5.73 Å². The molecule has 3 rings (SSSR count). The molecule has 6 heteroatoms. The first-order chi connectivity index (χ1) is 8.65. The van der Waals surface area contributed by atoms with Crippen molar-refractivity contribution in [2.45, 2.75) is 6.04 Å². The maximum atomic E-state index is 11.1. The monoisotopic (exact) mass is 324 g/mol. The van der Waals surface area contributed by atoms with Crippen molar-refractivity contribution >= 4 is 38.4 Å². The maximum absolute atomic E-state index is 11.1. The number of nitrogens with one attached hydrogen (secondary N) is 1. The number of oxazole rings is 1. The minimum Gasteiger partial charge on any atom is -0.408 e. The van der Waals surface area contributed by atoms with Crippen LogP contribution in [0.25, 0.3) is 11.1 Å². The van der Waals surface area contributed by atoms with Crippen LogP contribution in [-0.2, 0) is 0 Å². The quantitative estimate of drug-likeness (QED) is 0.761. The van der Waals surface area contributed by atoms with Gasteiger partial charge >= 0.3 is 5.76 Å². The lowest BCUT2D eigenvalue weighted by atomic mass is 10.1. The number of fused-ring (bicyclic) bond motifs is 1. The Morgan fingerprint density at radius 1 is 1.39 bits per heavy atom.